The van der Waals surface area contributed by atoms with Gasteiger partial charge in [-0.25, -0.2) is 9.18 Å². The lowest BCUT2D eigenvalue weighted by molar-refractivity contribution is 0.200. The second-order valence-corrected chi connectivity index (χ2v) is 5.19. The van der Waals surface area contributed by atoms with Crippen LogP contribution in [-0.2, 0) is 6.54 Å². The third-order valence-corrected chi connectivity index (χ3v) is 3.48. The zero-order valence-electron chi connectivity index (χ0n) is 12.7. The van der Waals surface area contributed by atoms with Gasteiger partial charge in [-0.3, -0.25) is 0 Å². The van der Waals surface area contributed by atoms with Crippen molar-refractivity contribution in [3.05, 3.63) is 29.6 Å². The lowest BCUT2D eigenvalue weighted by Gasteiger charge is -2.29. The summed E-state index contributed by atoms with van der Waals surface area (Å²) >= 11 is 0. The number of ether oxygens (including phenoxy) is 1. The largest absolute Gasteiger partial charge is 0.497 e. The molecule has 0 heterocycles. The minimum atomic E-state index is -0.460. The van der Waals surface area contributed by atoms with Gasteiger partial charge in [0.2, 0.25) is 0 Å². The van der Waals surface area contributed by atoms with E-state index in [2.05, 4.69) is 10.6 Å². The summed E-state index contributed by atoms with van der Waals surface area (Å²) in [4.78, 5) is 11.9. The first kappa shape index (κ1) is 17.2. The molecule has 0 spiro atoms. The molecule has 1 unspecified atom stereocenters. The molecule has 3 N–H and O–H groups in total. The lowest BCUT2D eigenvalue weighted by atomic mass is 9.95. The molecule has 5 nitrogen and oxygen atoms in total. The van der Waals surface area contributed by atoms with Gasteiger partial charge in [-0.15, -0.1) is 0 Å². The van der Waals surface area contributed by atoms with Gasteiger partial charge < -0.3 is 20.5 Å². The van der Waals surface area contributed by atoms with Crippen molar-refractivity contribution < 1.29 is 19.0 Å². The lowest BCUT2D eigenvalue weighted by Crippen LogP contribution is -2.50. The van der Waals surface area contributed by atoms with E-state index in [4.69, 9.17) is 9.84 Å². The van der Waals surface area contributed by atoms with E-state index in [0.29, 0.717) is 24.2 Å². The zero-order chi connectivity index (χ0) is 15.9. The second-order valence-electron chi connectivity index (χ2n) is 5.19. The van der Waals surface area contributed by atoms with Crippen molar-refractivity contribution in [1.82, 2.24) is 10.6 Å². The van der Waals surface area contributed by atoms with Gasteiger partial charge in [0.25, 0.3) is 0 Å². The van der Waals surface area contributed by atoms with Crippen LogP contribution in [-0.4, -0.2) is 30.4 Å². The summed E-state index contributed by atoms with van der Waals surface area (Å²) in [5.74, 6) is -0.00359. The maximum Gasteiger partial charge on any atom is 0.315 e. The molecular formula is C15H23FN2O3. The number of amides is 2. The van der Waals surface area contributed by atoms with E-state index in [-0.39, 0.29) is 19.2 Å². The highest BCUT2D eigenvalue weighted by molar-refractivity contribution is 5.74. The monoisotopic (exact) mass is 298 g/mol. The first-order chi connectivity index (χ1) is 9.92. The molecule has 6 heteroatoms. The molecule has 0 aromatic heterocycles. The maximum atomic E-state index is 13.3. The highest BCUT2D eigenvalue weighted by atomic mass is 19.1. The van der Waals surface area contributed by atoms with Crippen LogP contribution in [0.5, 0.6) is 5.75 Å². The van der Waals surface area contributed by atoms with Gasteiger partial charge in [-0.1, -0.05) is 6.92 Å². The number of nitrogens with one attached hydrogen (secondary N) is 2. The Balaban J connectivity index is 2.58. The number of aliphatic hydroxyl groups is 1. The molecule has 118 valence electrons. The highest BCUT2D eigenvalue weighted by Crippen LogP contribution is 2.16. The number of aliphatic hydroxyl groups excluding tert-OH is 1. The molecule has 0 aliphatic heterocycles. The summed E-state index contributed by atoms with van der Waals surface area (Å²) in [6, 6.07) is 3.93. The molecule has 0 saturated carbocycles. The predicted octanol–water partition coefficient (Wildman–Crippen LogP) is 2.18. The van der Waals surface area contributed by atoms with Gasteiger partial charge in [-0.05, 0) is 37.5 Å². The minimum absolute atomic E-state index is 0.00567. The third kappa shape index (κ3) is 5.59. The Morgan fingerprint density at radius 1 is 1.43 bits per heavy atom. The Morgan fingerprint density at radius 3 is 2.71 bits per heavy atom. The quantitative estimate of drug-likeness (QED) is 0.722. The Morgan fingerprint density at radius 2 is 2.14 bits per heavy atom. The third-order valence-electron chi connectivity index (χ3n) is 3.48. The van der Waals surface area contributed by atoms with Crippen LogP contribution in [0.1, 0.15) is 32.3 Å². The molecule has 0 fully saturated rings. The van der Waals surface area contributed by atoms with E-state index < -0.39 is 11.4 Å². The van der Waals surface area contributed by atoms with Crippen LogP contribution in [0.3, 0.4) is 0 Å². The van der Waals surface area contributed by atoms with Crippen LogP contribution >= 0.6 is 0 Å². The normalized spacial score (nSPS) is 13.4. The number of methoxy groups -OCH3 is 1. The Labute approximate surface area is 124 Å². The number of benzene rings is 1. The Bertz CT molecular complexity index is 482. The molecule has 2 amide bonds. The van der Waals surface area contributed by atoms with Crippen LogP contribution in [0.2, 0.25) is 0 Å². The fourth-order valence-corrected chi connectivity index (χ4v) is 1.92. The maximum absolute atomic E-state index is 13.3. The molecule has 1 aromatic rings. The average Bonchev–Trinajstić information content (AvgIpc) is 2.44. The van der Waals surface area contributed by atoms with Crippen LogP contribution in [0.4, 0.5) is 9.18 Å². The number of carbonyl (C=O) groups excluding carboxylic acids is 1. The molecular weight excluding hydrogens is 275 g/mol. The number of urea groups is 1. The van der Waals surface area contributed by atoms with E-state index in [1.165, 1.54) is 19.2 Å². The molecule has 0 radical (unpaired) electrons. The van der Waals surface area contributed by atoms with E-state index >= 15 is 0 Å². The molecule has 0 bridgehead atoms. The fourth-order valence-electron chi connectivity index (χ4n) is 1.92. The molecule has 1 rings (SSSR count). The molecule has 1 aromatic carbocycles. The average molecular weight is 298 g/mol. The number of carbonyl (C=O) groups is 1. The fraction of sp³-hybridized carbons (Fsp3) is 0.533. The van der Waals surface area contributed by atoms with Gasteiger partial charge in [0.1, 0.15) is 11.6 Å². The first-order valence-electron chi connectivity index (χ1n) is 6.93. The van der Waals surface area contributed by atoms with Crippen molar-refractivity contribution in [2.45, 2.75) is 38.8 Å². The van der Waals surface area contributed by atoms with Crippen molar-refractivity contribution >= 4 is 6.03 Å². The van der Waals surface area contributed by atoms with Crippen LogP contribution < -0.4 is 15.4 Å². The summed E-state index contributed by atoms with van der Waals surface area (Å²) in [5.41, 5.74) is 0.153. The topological polar surface area (TPSA) is 70.6 Å². The number of rotatable bonds is 7. The number of halogens is 1. The van der Waals surface area contributed by atoms with Gasteiger partial charge in [0.05, 0.1) is 7.11 Å². The van der Waals surface area contributed by atoms with Crippen LogP contribution in [0.25, 0.3) is 0 Å². The Hall–Kier alpha value is -1.82. The SMILES string of the molecule is CCC(C)(CCO)NC(=O)NCc1cc(F)cc(OC)c1. The molecule has 0 saturated heterocycles. The molecule has 1 atom stereocenters. The number of hydrogen-bond donors (Lipinski definition) is 3. The minimum Gasteiger partial charge on any atom is -0.497 e. The van der Waals surface area contributed by atoms with E-state index in [1.54, 1.807) is 6.07 Å². The summed E-state index contributed by atoms with van der Waals surface area (Å²) in [7, 11) is 1.46. The predicted molar refractivity (Wildman–Crippen MR) is 78.7 cm³/mol. The van der Waals surface area contributed by atoms with Gasteiger partial charge in [0.15, 0.2) is 0 Å². The Kier molecular flexibility index (Phi) is 6.42. The summed E-state index contributed by atoms with van der Waals surface area (Å²) in [6.07, 6.45) is 1.18. The highest BCUT2D eigenvalue weighted by Gasteiger charge is 2.23. The molecule has 0 aliphatic rings. The first-order valence-corrected chi connectivity index (χ1v) is 6.93. The van der Waals surface area contributed by atoms with Crippen molar-refractivity contribution in [3.63, 3.8) is 0 Å². The second kappa shape index (κ2) is 7.83. The standard InChI is InChI=1S/C15H23FN2O3/c1-4-15(2,5-6-19)18-14(20)17-10-11-7-12(16)9-13(8-11)21-3/h7-9,19H,4-6,10H2,1-3H3,(H2,17,18,20). The van der Waals surface area contributed by atoms with E-state index in [9.17, 15) is 9.18 Å². The van der Waals surface area contributed by atoms with Crippen molar-refractivity contribution in [2.75, 3.05) is 13.7 Å². The van der Waals surface area contributed by atoms with Crippen molar-refractivity contribution in [3.8, 4) is 5.75 Å². The van der Waals surface area contributed by atoms with Crippen molar-refractivity contribution in [1.29, 1.82) is 0 Å². The summed E-state index contributed by atoms with van der Waals surface area (Å²) in [6.45, 7) is 4.01. The van der Waals surface area contributed by atoms with Crippen LogP contribution in [0, 0.1) is 5.82 Å². The van der Waals surface area contributed by atoms with Gasteiger partial charge >= 0.3 is 6.03 Å². The van der Waals surface area contributed by atoms with Gasteiger partial charge in [0, 0.05) is 24.8 Å². The molecule has 21 heavy (non-hydrogen) atoms. The molecule has 0 aliphatic carbocycles. The van der Waals surface area contributed by atoms with Crippen molar-refractivity contribution in [2.24, 2.45) is 0 Å². The number of hydrogen-bond acceptors (Lipinski definition) is 3. The summed E-state index contributed by atoms with van der Waals surface area (Å²) in [5, 5.41) is 14.5. The summed E-state index contributed by atoms with van der Waals surface area (Å²) < 4.78 is 18.3. The van der Waals surface area contributed by atoms with E-state index in [1.807, 2.05) is 13.8 Å². The smallest absolute Gasteiger partial charge is 0.315 e. The van der Waals surface area contributed by atoms with E-state index in [0.717, 1.165) is 0 Å². The zero-order valence-corrected chi connectivity index (χ0v) is 12.7. The van der Waals surface area contributed by atoms with Gasteiger partial charge in [-0.2, -0.15) is 0 Å². The van der Waals surface area contributed by atoms with Crippen LogP contribution in [0.15, 0.2) is 18.2 Å².